The van der Waals surface area contributed by atoms with E-state index in [1.807, 2.05) is 0 Å². The summed E-state index contributed by atoms with van der Waals surface area (Å²) in [4.78, 5) is 7.57. The molecule has 1 heterocycles. The Hall–Kier alpha value is -1.73. The molecule has 0 aliphatic rings. The van der Waals surface area contributed by atoms with Crippen LogP contribution in [0.5, 0.6) is 0 Å². The first kappa shape index (κ1) is 14.2. The number of H-pyrrole nitrogens is 1. The van der Waals surface area contributed by atoms with Crippen LogP contribution in [-0.4, -0.2) is 24.6 Å². The maximum atomic E-state index is 13.5. The molecule has 0 unspecified atom stereocenters. The average Bonchev–Trinajstić information content (AvgIpc) is 2.81. The van der Waals surface area contributed by atoms with Gasteiger partial charge in [-0.3, -0.25) is 0 Å². The molecule has 2 aromatic carbocycles. The van der Waals surface area contributed by atoms with Crippen molar-refractivity contribution in [2.75, 3.05) is 6.26 Å². The number of benzene rings is 2. The largest absolute Gasteiger partial charge is 0.338 e. The predicted molar refractivity (Wildman–Crippen MR) is 82.3 cm³/mol. The number of sulfone groups is 1. The highest BCUT2D eigenvalue weighted by molar-refractivity contribution is 9.10. The van der Waals surface area contributed by atoms with Crippen molar-refractivity contribution in [2.24, 2.45) is 0 Å². The molecule has 21 heavy (non-hydrogen) atoms. The van der Waals surface area contributed by atoms with Crippen LogP contribution < -0.4 is 0 Å². The van der Waals surface area contributed by atoms with Gasteiger partial charge in [-0.15, -0.1) is 0 Å². The molecule has 0 radical (unpaired) electrons. The van der Waals surface area contributed by atoms with Crippen molar-refractivity contribution in [2.45, 2.75) is 4.90 Å². The van der Waals surface area contributed by atoms with E-state index in [0.29, 0.717) is 26.9 Å². The van der Waals surface area contributed by atoms with E-state index < -0.39 is 9.84 Å². The van der Waals surface area contributed by atoms with E-state index in [2.05, 4.69) is 25.9 Å². The zero-order valence-electron chi connectivity index (χ0n) is 10.9. The van der Waals surface area contributed by atoms with Gasteiger partial charge in [0.25, 0.3) is 0 Å². The first-order valence-electron chi connectivity index (χ1n) is 6.00. The number of hydrogen-bond acceptors (Lipinski definition) is 3. The van der Waals surface area contributed by atoms with Gasteiger partial charge in [0.2, 0.25) is 0 Å². The standard InChI is InChI=1S/C14H10BrFN2O2S/c1-21(19,20)9-4-2-3-8(5-9)14-17-12-6-10(15)11(16)7-13(12)18-14/h2-7H,1H3,(H,17,18). The highest BCUT2D eigenvalue weighted by Crippen LogP contribution is 2.26. The van der Waals surface area contributed by atoms with Crippen LogP contribution in [-0.2, 0) is 9.84 Å². The number of imidazole rings is 1. The van der Waals surface area contributed by atoms with E-state index in [-0.39, 0.29) is 10.7 Å². The summed E-state index contributed by atoms with van der Waals surface area (Å²) in [6.07, 6.45) is 1.15. The summed E-state index contributed by atoms with van der Waals surface area (Å²) in [6, 6.07) is 9.38. The van der Waals surface area contributed by atoms with Gasteiger partial charge in [0, 0.05) is 17.9 Å². The second-order valence-corrected chi connectivity index (χ2v) is 7.54. The second-order valence-electron chi connectivity index (χ2n) is 4.67. The maximum absolute atomic E-state index is 13.5. The van der Waals surface area contributed by atoms with E-state index in [1.165, 1.54) is 12.1 Å². The van der Waals surface area contributed by atoms with Crippen LogP contribution in [0.2, 0.25) is 0 Å². The molecule has 0 atom stereocenters. The van der Waals surface area contributed by atoms with Gasteiger partial charge in [-0.2, -0.15) is 0 Å². The number of aromatic amines is 1. The smallest absolute Gasteiger partial charge is 0.175 e. The number of nitrogens with one attached hydrogen (secondary N) is 1. The summed E-state index contributed by atoms with van der Waals surface area (Å²) < 4.78 is 37.0. The second kappa shape index (κ2) is 4.92. The fourth-order valence-corrected chi connectivity index (χ4v) is 3.01. The van der Waals surface area contributed by atoms with Crippen LogP contribution in [0.4, 0.5) is 4.39 Å². The molecule has 7 heteroatoms. The van der Waals surface area contributed by atoms with E-state index in [0.717, 1.165) is 6.26 Å². The third kappa shape index (κ3) is 2.71. The van der Waals surface area contributed by atoms with Gasteiger partial charge in [0.05, 0.1) is 20.4 Å². The maximum Gasteiger partial charge on any atom is 0.175 e. The van der Waals surface area contributed by atoms with Crippen LogP contribution in [0.15, 0.2) is 45.8 Å². The number of nitrogens with zero attached hydrogens (tertiary/aromatic N) is 1. The molecule has 1 aromatic heterocycles. The van der Waals surface area contributed by atoms with Crippen LogP contribution >= 0.6 is 15.9 Å². The van der Waals surface area contributed by atoms with Gasteiger partial charge in [-0.1, -0.05) is 12.1 Å². The fourth-order valence-electron chi connectivity index (χ4n) is 2.02. The van der Waals surface area contributed by atoms with Gasteiger partial charge in [-0.25, -0.2) is 17.8 Å². The first-order valence-corrected chi connectivity index (χ1v) is 8.68. The number of halogens is 2. The van der Waals surface area contributed by atoms with Crippen molar-refractivity contribution in [3.63, 3.8) is 0 Å². The number of fused-ring (bicyclic) bond motifs is 1. The quantitative estimate of drug-likeness (QED) is 0.752. The zero-order chi connectivity index (χ0) is 15.2. The van der Waals surface area contributed by atoms with Crippen LogP contribution in [0.1, 0.15) is 0 Å². The number of aromatic nitrogens is 2. The number of rotatable bonds is 2. The lowest BCUT2D eigenvalue weighted by atomic mass is 10.2. The van der Waals surface area contributed by atoms with Crippen molar-refractivity contribution < 1.29 is 12.8 Å². The topological polar surface area (TPSA) is 62.8 Å². The molecule has 0 saturated carbocycles. The molecular formula is C14H10BrFN2O2S. The third-order valence-electron chi connectivity index (χ3n) is 3.06. The summed E-state index contributed by atoms with van der Waals surface area (Å²) in [5, 5.41) is 0. The van der Waals surface area contributed by atoms with E-state index >= 15 is 0 Å². The van der Waals surface area contributed by atoms with Crippen LogP contribution in [0.25, 0.3) is 22.4 Å². The molecule has 0 amide bonds. The van der Waals surface area contributed by atoms with Crippen molar-refractivity contribution >= 4 is 36.8 Å². The van der Waals surface area contributed by atoms with Crippen molar-refractivity contribution in [3.8, 4) is 11.4 Å². The monoisotopic (exact) mass is 368 g/mol. The lowest BCUT2D eigenvalue weighted by molar-refractivity contribution is 0.602. The molecule has 108 valence electrons. The summed E-state index contributed by atoms with van der Waals surface area (Å²) >= 11 is 3.11. The lowest BCUT2D eigenvalue weighted by Gasteiger charge is -2.00. The first-order chi connectivity index (χ1) is 9.84. The summed E-state index contributed by atoms with van der Waals surface area (Å²) in [5.74, 6) is 0.107. The minimum atomic E-state index is -3.29. The summed E-state index contributed by atoms with van der Waals surface area (Å²) in [5.41, 5.74) is 1.78. The molecule has 0 aliphatic carbocycles. The van der Waals surface area contributed by atoms with Gasteiger partial charge >= 0.3 is 0 Å². The van der Waals surface area contributed by atoms with E-state index in [9.17, 15) is 12.8 Å². The molecule has 0 spiro atoms. The predicted octanol–water partition coefficient (Wildman–Crippen LogP) is 3.54. The normalized spacial score (nSPS) is 12.0. The summed E-state index contributed by atoms with van der Waals surface area (Å²) in [7, 11) is -3.29. The Labute approximate surface area is 129 Å². The lowest BCUT2D eigenvalue weighted by Crippen LogP contribution is -1.97. The Morgan fingerprint density at radius 1 is 1.24 bits per heavy atom. The highest BCUT2D eigenvalue weighted by atomic mass is 79.9. The molecular weight excluding hydrogens is 359 g/mol. The Morgan fingerprint density at radius 3 is 2.71 bits per heavy atom. The Morgan fingerprint density at radius 2 is 2.00 bits per heavy atom. The fraction of sp³-hybridized carbons (Fsp3) is 0.0714. The molecule has 0 fully saturated rings. The Balaban J connectivity index is 2.17. The van der Waals surface area contributed by atoms with Gasteiger partial charge < -0.3 is 4.98 Å². The molecule has 3 aromatic rings. The minimum absolute atomic E-state index is 0.216. The van der Waals surface area contributed by atoms with Gasteiger partial charge in [0.1, 0.15) is 11.6 Å². The molecule has 0 bridgehead atoms. The Bertz CT molecular complexity index is 912. The Kier molecular flexibility index (Phi) is 3.33. The van der Waals surface area contributed by atoms with Crippen molar-refractivity contribution in [1.29, 1.82) is 0 Å². The molecule has 0 saturated heterocycles. The third-order valence-corrected chi connectivity index (χ3v) is 4.78. The molecule has 3 rings (SSSR count). The van der Waals surface area contributed by atoms with Gasteiger partial charge in [0.15, 0.2) is 9.84 Å². The number of hydrogen-bond donors (Lipinski definition) is 1. The average molecular weight is 369 g/mol. The highest BCUT2D eigenvalue weighted by Gasteiger charge is 2.12. The molecule has 0 aliphatic heterocycles. The van der Waals surface area contributed by atoms with Crippen molar-refractivity contribution in [3.05, 3.63) is 46.7 Å². The molecule has 4 nitrogen and oxygen atoms in total. The minimum Gasteiger partial charge on any atom is -0.338 e. The summed E-state index contributed by atoms with van der Waals surface area (Å²) in [6.45, 7) is 0. The molecule has 1 N–H and O–H groups in total. The van der Waals surface area contributed by atoms with Crippen molar-refractivity contribution in [1.82, 2.24) is 9.97 Å². The van der Waals surface area contributed by atoms with E-state index in [4.69, 9.17) is 0 Å². The zero-order valence-corrected chi connectivity index (χ0v) is 13.3. The van der Waals surface area contributed by atoms with Crippen LogP contribution in [0, 0.1) is 5.82 Å². The SMILES string of the molecule is CS(=O)(=O)c1cccc(-c2nc3cc(Br)c(F)cc3[nH]2)c1. The van der Waals surface area contributed by atoms with E-state index in [1.54, 1.807) is 24.3 Å². The van der Waals surface area contributed by atoms with Crippen LogP contribution in [0.3, 0.4) is 0 Å². The van der Waals surface area contributed by atoms with Gasteiger partial charge in [-0.05, 0) is 34.1 Å².